The minimum Gasteiger partial charge on any atom is -0.481 e. The van der Waals surface area contributed by atoms with Gasteiger partial charge in [0.1, 0.15) is 18.0 Å². The number of piperazine rings is 1. The van der Waals surface area contributed by atoms with Crippen LogP contribution >= 0.6 is 11.5 Å². The third kappa shape index (κ3) is 2.64. The quantitative estimate of drug-likeness (QED) is 0.835. The van der Waals surface area contributed by atoms with Crippen molar-refractivity contribution in [3.63, 3.8) is 0 Å². The summed E-state index contributed by atoms with van der Waals surface area (Å²) in [5.41, 5.74) is 0. The molecule has 1 aliphatic rings. The second-order valence-electron chi connectivity index (χ2n) is 4.52. The fourth-order valence-electron chi connectivity index (χ4n) is 2.16. The van der Waals surface area contributed by atoms with Gasteiger partial charge >= 0.3 is 0 Å². The van der Waals surface area contributed by atoms with Crippen LogP contribution < -0.4 is 14.5 Å². The molecule has 7 nitrogen and oxygen atoms in total. The lowest BCUT2D eigenvalue weighted by Crippen LogP contribution is -2.46. The first kappa shape index (κ1) is 13.0. The largest absolute Gasteiger partial charge is 0.481 e. The molecular formula is C12H16N6OS. The molecule has 1 aliphatic heterocycles. The van der Waals surface area contributed by atoms with Crippen LogP contribution in [0.1, 0.15) is 5.82 Å². The number of aromatic nitrogens is 4. The average molecular weight is 292 g/mol. The van der Waals surface area contributed by atoms with Gasteiger partial charge in [-0.15, -0.1) is 0 Å². The SMILES string of the molecule is COc1cc(N2CCN(c3nc(C)ns3)CC2)ncn1. The summed E-state index contributed by atoms with van der Waals surface area (Å²) in [5.74, 6) is 2.34. The smallest absolute Gasteiger partial charge is 0.218 e. The van der Waals surface area contributed by atoms with Crippen molar-refractivity contribution in [3.8, 4) is 5.88 Å². The van der Waals surface area contributed by atoms with Gasteiger partial charge < -0.3 is 14.5 Å². The lowest BCUT2D eigenvalue weighted by molar-refractivity contribution is 0.396. The van der Waals surface area contributed by atoms with Gasteiger partial charge in [0, 0.05) is 43.8 Å². The molecule has 0 bridgehead atoms. The highest BCUT2D eigenvalue weighted by Gasteiger charge is 2.20. The highest BCUT2D eigenvalue weighted by Crippen LogP contribution is 2.21. The van der Waals surface area contributed by atoms with Gasteiger partial charge in [-0.3, -0.25) is 0 Å². The van der Waals surface area contributed by atoms with Crippen molar-refractivity contribution in [2.45, 2.75) is 6.92 Å². The average Bonchev–Trinajstić information content (AvgIpc) is 2.94. The van der Waals surface area contributed by atoms with E-state index in [2.05, 4.69) is 29.1 Å². The van der Waals surface area contributed by atoms with Crippen molar-refractivity contribution >= 4 is 22.5 Å². The second kappa shape index (κ2) is 5.58. The first-order chi connectivity index (χ1) is 9.76. The van der Waals surface area contributed by atoms with Gasteiger partial charge in [0.15, 0.2) is 0 Å². The molecule has 0 aromatic carbocycles. The van der Waals surface area contributed by atoms with E-state index in [1.54, 1.807) is 7.11 Å². The minimum atomic E-state index is 0.595. The van der Waals surface area contributed by atoms with E-state index in [0.29, 0.717) is 5.88 Å². The topological polar surface area (TPSA) is 67.3 Å². The van der Waals surface area contributed by atoms with Crippen molar-refractivity contribution in [1.82, 2.24) is 19.3 Å². The molecule has 0 radical (unpaired) electrons. The molecule has 2 aromatic heterocycles. The van der Waals surface area contributed by atoms with Crippen molar-refractivity contribution in [2.24, 2.45) is 0 Å². The van der Waals surface area contributed by atoms with Crippen LogP contribution in [-0.4, -0.2) is 52.6 Å². The predicted molar refractivity (Wildman–Crippen MR) is 77.7 cm³/mol. The molecule has 2 aromatic rings. The Morgan fingerprint density at radius 1 is 1.15 bits per heavy atom. The first-order valence-corrected chi connectivity index (χ1v) is 7.20. The molecule has 3 rings (SSSR count). The van der Waals surface area contributed by atoms with Crippen LogP contribution in [0.5, 0.6) is 5.88 Å². The van der Waals surface area contributed by atoms with Crippen molar-refractivity contribution in [2.75, 3.05) is 43.1 Å². The number of hydrogen-bond donors (Lipinski definition) is 0. The molecule has 0 atom stereocenters. The Kier molecular flexibility index (Phi) is 3.64. The minimum absolute atomic E-state index is 0.595. The predicted octanol–water partition coefficient (Wildman–Crippen LogP) is 0.972. The molecular weight excluding hydrogens is 276 g/mol. The van der Waals surface area contributed by atoms with Gasteiger partial charge in [0.05, 0.1) is 7.11 Å². The number of aryl methyl sites for hydroxylation is 1. The first-order valence-electron chi connectivity index (χ1n) is 6.42. The maximum Gasteiger partial charge on any atom is 0.218 e. The van der Waals surface area contributed by atoms with E-state index in [1.165, 1.54) is 17.9 Å². The van der Waals surface area contributed by atoms with E-state index in [-0.39, 0.29) is 0 Å². The molecule has 20 heavy (non-hydrogen) atoms. The Morgan fingerprint density at radius 2 is 1.90 bits per heavy atom. The Labute approximate surface area is 121 Å². The van der Waals surface area contributed by atoms with E-state index in [1.807, 2.05) is 13.0 Å². The zero-order valence-corrected chi connectivity index (χ0v) is 12.3. The van der Waals surface area contributed by atoms with Crippen LogP contribution in [0, 0.1) is 6.92 Å². The fourth-order valence-corrected chi connectivity index (χ4v) is 2.88. The summed E-state index contributed by atoms with van der Waals surface area (Å²) in [5, 5.41) is 1.00. The summed E-state index contributed by atoms with van der Waals surface area (Å²) >= 11 is 1.46. The molecule has 0 spiro atoms. The normalized spacial score (nSPS) is 15.5. The van der Waals surface area contributed by atoms with E-state index in [0.717, 1.165) is 43.0 Å². The number of rotatable bonds is 3. The summed E-state index contributed by atoms with van der Waals surface area (Å²) in [4.78, 5) is 17.3. The maximum atomic E-state index is 5.13. The molecule has 0 unspecified atom stereocenters. The van der Waals surface area contributed by atoms with Gasteiger partial charge in [-0.1, -0.05) is 0 Å². The molecule has 8 heteroatoms. The van der Waals surface area contributed by atoms with Gasteiger partial charge in [0.25, 0.3) is 0 Å². The molecule has 106 valence electrons. The summed E-state index contributed by atoms with van der Waals surface area (Å²) in [6.45, 7) is 5.56. The summed E-state index contributed by atoms with van der Waals surface area (Å²) in [6.07, 6.45) is 1.54. The van der Waals surface area contributed by atoms with Crippen LogP contribution in [0.2, 0.25) is 0 Å². The van der Waals surface area contributed by atoms with Crippen molar-refractivity contribution < 1.29 is 4.74 Å². The Bertz CT molecular complexity index is 581. The molecule has 0 N–H and O–H groups in total. The fraction of sp³-hybridized carbons (Fsp3) is 0.500. The van der Waals surface area contributed by atoms with Crippen LogP contribution in [0.3, 0.4) is 0 Å². The number of nitrogens with zero attached hydrogens (tertiary/aromatic N) is 6. The van der Waals surface area contributed by atoms with Gasteiger partial charge in [0.2, 0.25) is 11.0 Å². The zero-order chi connectivity index (χ0) is 13.9. The molecule has 0 aliphatic carbocycles. The van der Waals surface area contributed by atoms with E-state index in [9.17, 15) is 0 Å². The molecule has 0 amide bonds. The number of ether oxygens (including phenoxy) is 1. The molecule has 3 heterocycles. The summed E-state index contributed by atoms with van der Waals surface area (Å²) in [7, 11) is 1.61. The monoisotopic (exact) mass is 292 g/mol. The molecule has 1 fully saturated rings. The Hall–Kier alpha value is -1.96. The summed E-state index contributed by atoms with van der Waals surface area (Å²) < 4.78 is 9.36. The maximum absolute atomic E-state index is 5.13. The third-order valence-electron chi connectivity index (χ3n) is 3.23. The standard InChI is InChI=1S/C12H16N6OS/c1-9-15-12(20-16-9)18-5-3-17(4-6-18)10-7-11(19-2)14-8-13-10/h7-8H,3-6H2,1-2H3. The molecule has 0 saturated carbocycles. The number of methoxy groups -OCH3 is 1. The second-order valence-corrected chi connectivity index (χ2v) is 5.25. The van der Waals surface area contributed by atoms with Crippen LogP contribution in [0.25, 0.3) is 0 Å². The van der Waals surface area contributed by atoms with E-state index < -0.39 is 0 Å². The van der Waals surface area contributed by atoms with Gasteiger partial charge in [-0.25, -0.2) is 15.0 Å². The van der Waals surface area contributed by atoms with Gasteiger partial charge in [-0.2, -0.15) is 4.37 Å². The van der Waals surface area contributed by atoms with E-state index >= 15 is 0 Å². The Balaban J connectivity index is 1.66. The number of hydrogen-bond acceptors (Lipinski definition) is 8. The van der Waals surface area contributed by atoms with Crippen LogP contribution in [0.4, 0.5) is 10.9 Å². The van der Waals surface area contributed by atoms with E-state index in [4.69, 9.17) is 4.74 Å². The summed E-state index contributed by atoms with van der Waals surface area (Å²) in [6, 6.07) is 1.87. The van der Waals surface area contributed by atoms with Crippen LogP contribution in [-0.2, 0) is 0 Å². The van der Waals surface area contributed by atoms with Crippen molar-refractivity contribution in [1.29, 1.82) is 0 Å². The lowest BCUT2D eigenvalue weighted by Gasteiger charge is -2.34. The highest BCUT2D eigenvalue weighted by atomic mass is 32.1. The molecule has 1 saturated heterocycles. The Morgan fingerprint density at radius 3 is 2.55 bits per heavy atom. The van der Waals surface area contributed by atoms with Crippen molar-refractivity contribution in [3.05, 3.63) is 18.2 Å². The lowest BCUT2D eigenvalue weighted by atomic mass is 10.3. The third-order valence-corrected chi connectivity index (χ3v) is 4.10. The number of anilines is 2. The highest BCUT2D eigenvalue weighted by molar-refractivity contribution is 7.09. The van der Waals surface area contributed by atoms with Crippen LogP contribution in [0.15, 0.2) is 12.4 Å². The van der Waals surface area contributed by atoms with Gasteiger partial charge in [-0.05, 0) is 6.92 Å². The zero-order valence-electron chi connectivity index (χ0n) is 11.5.